The van der Waals surface area contributed by atoms with Crippen molar-refractivity contribution in [2.24, 2.45) is 17.3 Å². The van der Waals surface area contributed by atoms with Crippen LogP contribution in [0.3, 0.4) is 0 Å². The van der Waals surface area contributed by atoms with Crippen LogP contribution in [0.25, 0.3) is 0 Å². The van der Waals surface area contributed by atoms with Gasteiger partial charge in [0, 0.05) is 17.2 Å². The van der Waals surface area contributed by atoms with Crippen LogP contribution in [-0.2, 0) is 16.1 Å². The molecule has 0 bridgehead atoms. The molecule has 0 aromatic heterocycles. The lowest BCUT2D eigenvalue weighted by molar-refractivity contribution is -0.385. The predicted molar refractivity (Wildman–Crippen MR) is 93.1 cm³/mol. The van der Waals surface area contributed by atoms with Crippen molar-refractivity contribution in [1.82, 2.24) is 0 Å². The molecule has 1 aliphatic rings. The van der Waals surface area contributed by atoms with E-state index in [0.717, 1.165) is 11.6 Å². The molecule has 0 unspecified atom stereocenters. The van der Waals surface area contributed by atoms with Crippen LogP contribution in [-0.4, -0.2) is 17.1 Å². The summed E-state index contributed by atoms with van der Waals surface area (Å²) in [6, 6.07) is 2.93. The summed E-state index contributed by atoms with van der Waals surface area (Å²) >= 11 is 5.27. The van der Waals surface area contributed by atoms with Gasteiger partial charge in [-0.25, -0.2) is 0 Å². The Labute approximate surface area is 159 Å². The van der Waals surface area contributed by atoms with Gasteiger partial charge in [-0.3, -0.25) is 14.9 Å². The maximum Gasteiger partial charge on any atom is 0.426 e. The van der Waals surface area contributed by atoms with Crippen LogP contribution < -0.4 is 0 Å². The molecule has 0 N–H and O–H groups in total. The highest BCUT2D eigenvalue weighted by Gasteiger charge is 2.62. The Morgan fingerprint density at radius 1 is 1.37 bits per heavy atom. The van der Waals surface area contributed by atoms with Gasteiger partial charge < -0.3 is 4.74 Å². The summed E-state index contributed by atoms with van der Waals surface area (Å²) in [4.78, 5) is 22.9. The zero-order chi connectivity index (χ0) is 20.7. The molecule has 0 heterocycles. The van der Waals surface area contributed by atoms with Crippen LogP contribution in [0.2, 0.25) is 0 Å². The second kappa shape index (κ2) is 7.14. The molecule has 0 spiro atoms. The van der Waals surface area contributed by atoms with Crippen molar-refractivity contribution in [3.63, 3.8) is 0 Å². The van der Waals surface area contributed by atoms with Crippen LogP contribution in [0.4, 0.5) is 18.9 Å². The van der Waals surface area contributed by atoms with Gasteiger partial charge in [0.25, 0.3) is 5.69 Å². The van der Waals surface area contributed by atoms with Crippen LogP contribution in [0.1, 0.15) is 30.5 Å². The molecule has 2 atom stereocenters. The van der Waals surface area contributed by atoms with Crippen LogP contribution >= 0.6 is 11.6 Å². The Balaban J connectivity index is 2.14. The molecular weight excluding hydrogens is 387 g/mol. The van der Waals surface area contributed by atoms with Crippen molar-refractivity contribution in [1.29, 1.82) is 0 Å². The van der Waals surface area contributed by atoms with Crippen molar-refractivity contribution in [2.75, 3.05) is 0 Å². The standard InChI is InChI=1S/C18H19ClF3NO4/c1-9-5-6-13(23(25)26)10(2)11(9)8-27-16(24)15-12(17(15,3)4)7-14(19)18(20,21)22/h5-7,12,15H,8H2,1-4H3/t12-,15-/m0/s1. The normalized spacial score (nSPS) is 21.7. The first-order valence-corrected chi connectivity index (χ1v) is 8.51. The van der Waals surface area contributed by atoms with E-state index in [2.05, 4.69) is 0 Å². The maximum absolute atomic E-state index is 12.6. The van der Waals surface area contributed by atoms with Gasteiger partial charge in [0.1, 0.15) is 11.6 Å². The van der Waals surface area contributed by atoms with Gasteiger partial charge in [0.15, 0.2) is 0 Å². The van der Waals surface area contributed by atoms with Gasteiger partial charge in [-0.2, -0.15) is 13.2 Å². The number of nitrogens with zero attached hydrogens (tertiary/aromatic N) is 1. The molecule has 1 fully saturated rings. The van der Waals surface area contributed by atoms with Gasteiger partial charge >= 0.3 is 12.1 Å². The molecule has 0 saturated heterocycles. The minimum Gasteiger partial charge on any atom is -0.461 e. The smallest absolute Gasteiger partial charge is 0.426 e. The number of nitro groups is 1. The van der Waals surface area contributed by atoms with E-state index in [1.807, 2.05) is 0 Å². The Kier molecular flexibility index (Phi) is 5.61. The quantitative estimate of drug-likeness (QED) is 0.383. The lowest BCUT2D eigenvalue weighted by atomic mass is 10.0. The Morgan fingerprint density at radius 2 is 1.96 bits per heavy atom. The van der Waals surface area contributed by atoms with E-state index in [4.69, 9.17) is 16.3 Å². The fourth-order valence-electron chi connectivity index (χ4n) is 3.22. The third kappa shape index (κ3) is 4.26. The molecule has 5 nitrogen and oxygen atoms in total. The third-order valence-corrected chi connectivity index (χ3v) is 5.46. The van der Waals surface area contributed by atoms with Crippen molar-refractivity contribution >= 4 is 23.3 Å². The van der Waals surface area contributed by atoms with E-state index < -0.39 is 39.4 Å². The molecule has 1 aliphatic carbocycles. The van der Waals surface area contributed by atoms with E-state index in [0.29, 0.717) is 11.1 Å². The Hall–Kier alpha value is -2.09. The molecule has 9 heteroatoms. The lowest BCUT2D eigenvalue weighted by Gasteiger charge is -2.11. The Bertz CT molecular complexity index is 818. The van der Waals surface area contributed by atoms with Crippen LogP contribution in [0.15, 0.2) is 23.2 Å². The number of rotatable bonds is 5. The molecule has 1 aromatic rings. The number of hydrogen-bond acceptors (Lipinski definition) is 4. The highest BCUT2D eigenvalue weighted by Crippen LogP contribution is 2.60. The molecule has 1 aromatic carbocycles. The van der Waals surface area contributed by atoms with E-state index in [9.17, 15) is 28.1 Å². The Morgan fingerprint density at radius 3 is 2.48 bits per heavy atom. The van der Waals surface area contributed by atoms with Crippen molar-refractivity contribution < 1.29 is 27.6 Å². The number of allylic oxidation sites excluding steroid dienone is 2. The summed E-state index contributed by atoms with van der Waals surface area (Å²) in [6.07, 6.45) is -3.82. The average Bonchev–Trinajstić information content (AvgIpc) is 3.06. The molecule has 0 amide bonds. The number of esters is 1. The van der Waals surface area contributed by atoms with Gasteiger partial charge in [-0.05, 0) is 30.7 Å². The van der Waals surface area contributed by atoms with Crippen LogP contribution in [0.5, 0.6) is 0 Å². The van der Waals surface area contributed by atoms with E-state index in [1.54, 1.807) is 33.8 Å². The molecule has 2 rings (SSSR count). The molecule has 27 heavy (non-hydrogen) atoms. The van der Waals surface area contributed by atoms with Crippen molar-refractivity contribution in [3.8, 4) is 0 Å². The second-order valence-electron chi connectivity index (χ2n) is 7.21. The zero-order valence-electron chi connectivity index (χ0n) is 15.2. The number of aryl methyl sites for hydroxylation is 1. The fourth-order valence-corrected chi connectivity index (χ4v) is 3.36. The summed E-state index contributed by atoms with van der Waals surface area (Å²) in [5.41, 5.74) is 0.819. The second-order valence-corrected chi connectivity index (χ2v) is 7.61. The molecule has 0 radical (unpaired) electrons. The van der Waals surface area contributed by atoms with Gasteiger partial charge in [-0.15, -0.1) is 0 Å². The SMILES string of the molecule is Cc1ccc([N+](=O)[O-])c(C)c1COC(=O)[C@@H]1[C@H](C=C(Cl)C(F)(F)F)C1(C)C. The summed E-state index contributed by atoms with van der Waals surface area (Å²) in [6.45, 7) is 6.42. The maximum atomic E-state index is 12.6. The van der Waals surface area contributed by atoms with Gasteiger partial charge in [0.05, 0.1) is 10.8 Å². The van der Waals surface area contributed by atoms with Crippen molar-refractivity contribution in [2.45, 2.75) is 40.5 Å². The van der Waals surface area contributed by atoms with E-state index in [-0.39, 0.29) is 12.3 Å². The summed E-state index contributed by atoms with van der Waals surface area (Å²) < 4.78 is 43.1. The monoisotopic (exact) mass is 405 g/mol. The van der Waals surface area contributed by atoms with Crippen LogP contribution in [0, 0.1) is 41.2 Å². The van der Waals surface area contributed by atoms with E-state index in [1.165, 1.54) is 6.07 Å². The minimum atomic E-state index is -4.66. The largest absolute Gasteiger partial charge is 0.461 e. The summed E-state index contributed by atoms with van der Waals surface area (Å²) in [5, 5.41) is 9.78. The first-order chi connectivity index (χ1) is 12.3. The number of halogens is 4. The first-order valence-electron chi connectivity index (χ1n) is 8.13. The lowest BCUT2D eigenvalue weighted by Crippen LogP contribution is -2.12. The summed E-state index contributed by atoms with van der Waals surface area (Å²) in [7, 11) is 0. The first kappa shape index (κ1) is 21.2. The average molecular weight is 406 g/mol. The number of ether oxygens (including phenoxy) is 1. The minimum absolute atomic E-state index is 0.0869. The highest BCUT2D eigenvalue weighted by molar-refractivity contribution is 6.30. The highest BCUT2D eigenvalue weighted by atomic mass is 35.5. The third-order valence-electron chi connectivity index (χ3n) is 5.12. The number of carbonyl (C=O) groups is 1. The molecule has 148 valence electrons. The fraction of sp³-hybridized carbons (Fsp3) is 0.500. The summed E-state index contributed by atoms with van der Waals surface area (Å²) in [5.74, 6) is -2.10. The number of hydrogen-bond donors (Lipinski definition) is 0. The molecule has 1 saturated carbocycles. The van der Waals surface area contributed by atoms with Gasteiger partial charge in [0.2, 0.25) is 0 Å². The van der Waals surface area contributed by atoms with Crippen molar-refractivity contribution in [3.05, 3.63) is 50.0 Å². The number of benzene rings is 1. The molecular formula is C18H19ClF3NO4. The zero-order valence-corrected chi connectivity index (χ0v) is 15.9. The number of alkyl halides is 3. The molecule has 0 aliphatic heterocycles. The topological polar surface area (TPSA) is 69.4 Å². The number of carbonyl (C=O) groups excluding carboxylic acids is 1. The number of nitro benzene ring substituents is 1. The van der Waals surface area contributed by atoms with Gasteiger partial charge in [-0.1, -0.05) is 37.6 Å². The van der Waals surface area contributed by atoms with E-state index >= 15 is 0 Å². The predicted octanol–water partition coefficient (Wildman–Crippen LogP) is 5.21.